The SMILES string of the molecule is CCBr.Cc1cc(Cl)nc(N)n1.[2H]C(CCCCCCCCCCCCCCC)c1cc(C)nc(N(C)C([2H])([2H])[2H])n1.[2H]C(CCCCCCCCCCCCCCC)c1nc(N(C)C([2H])([2H])[2H])nc(C)c1Br.[2H]C(CCCCCCCCCCCCCCC)c1nc(N(C)C([2H])([2H])[2H])nc(C)c1O.[2H]C([2H])([2H])N(C)c1nc(C)cc(Cl)n1.[2H]Cc1cc(C)nc(N(C)C([2H])([2H])[2H])n1. The zero-order valence-electron chi connectivity index (χ0n) is 91.8. The molecule has 0 bridgehead atoms. The molecule has 0 amide bonds. The van der Waals surface area contributed by atoms with Gasteiger partial charge in [-0.05, 0) is 127 Å². The summed E-state index contributed by atoms with van der Waals surface area (Å²) in [6.07, 6.45) is 51.0. The molecule has 6 rings (SSSR count). The van der Waals surface area contributed by atoms with Gasteiger partial charge in [-0.2, -0.15) is 0 Å². The number of hydrogen-bond acceptors (Lipinski definition) is 19. The van der Waals surface area contributed by atoms with E-state index in [0.29, 0.717) is 61.6 Å². The summed E-state index contributed by atoms with van der Waals surface area (Å²) in [5.41, 5.74) is 11.0. The number of rotatable bonds is 50. The Morgan fingerprint density at radius 3 is 0.956 bits per heavy atom. The van der Waals surface area contributed by atoms with Crippen LogP contribution < -0.4 is 30.2 Å². The fraction of sp³-hybridized carbons (Fsp3) is 0.736. The molecule has 23 heteroatoms. The van der Waals surface area contributed by atoms with E-state index in [9.17, 15) is 5.11 Å². The number of aryl methyl sites for hydroxylation is 10. The van der Waals surface area contributed by atoms with Crippen LogP contribution in [0.3, 0.4) is 0 Å². The van der Waals surface area contributed by atoms with Crippen molar-refractivity contribution in [2.24, 2.45) is 0 Å². The minimum Gasteiger partial charge on any atom is -0.504 e. The first kappa shape index (κ1) is 78.5. The summed E-state index contributed by atoms with van der Waals surface area (Å²) in [5, 5.41) is 12.0. The zero-order valence-corrected chi connectivity index (χ0v) is 77.5. The van der Waals surface area contributed by atoms with Crippen LogP contribution in [0.25, 0.3) is 0 Å². The van der Waals surface area contributed by atoms with E-state index in [0.717, 1.165) is 86.9 Å². The number of anilines is 6. The molecule has 6 heterocycles. The number of aromatic nitrogens is 12. The van der Waals surface area contributed by atoms with E-state index >= 15 is 0 Å². The number of nitrogens with two attached hydrogens (primary N) is 1. The Morgan fingerprint density at radius 2 is 0.614 bits per heavy atom. The largest absolute Gasteiger partial charge is 0.504 e. The molecule has 0 radical (unpaired) electrons. The minimum atomic E-state index is -2.37. The average Bonchev–Trinajstić information content (AvgIpc) is 0.797. The lowest BCUT2D eigenvalue weighted by atomic mass is 10.0. The molecule has 6 aromatic rings. The number of nitrogen functional groups attached to an aromatic ring is 1. The van der Waals surface area contributed by atoms with Gasteiger partial charge in [0.2, 0.25) is 35.7 Å². The van der Waals surface area contributed by atoms with Crippen molar-refractivity contribution in [3.8, 4) is 5.75 Å². The van der Waals surface area contributed by atoms with Crippen LogP contribution in [0.1, 0.15) is 380 Å². The van der Waals surface area contributed by atoms with Gasteiger partial charge in [0.25, 0.3) is 0 Å². The Bertz CT molecular complexity index is 3880. The zero-order chi connectivity index (χ0) is 101. The van der Waals surface area contributed by atoms with Gasteiger partial charge < -0.3 is 35.3 Å². The van der Waals surface area contributed by atoms with E-state index in [1.54, 1.807) is 45.0 Å². The topological polar surface area (TPSA) is 217 Å². The van der Waals surface area contributed by atoms with Crippen LogP contribution in [0.15, 0.2) is 28.7 Å². The van der Waals surface area contributed by atoms with Gasteiger partial charge in [-0.15, -0.1) is 0 Å². The summed E-state index contributed by atoms with van der Waals surface area (Å²) in [4.78, 5) is 54.0. The van der Waals surface area contributed by atoms with Crippen molar-refractivity contribution in [1.29, 1.82) is 0 Å². The summed E-state index contributed by atoms with van der Waals surface area (Å²) in [5.74, 6) is 0.712. The van der Waals surface area contributed by atoms with Crippen molar-refractivity contribution in [3.63, 3.8) is 0 Å². The molecule has 0 fully saturated rings. The molecule has 650 valence electrons. The van der Waals surface area contributed by atoms with Gasteiger partial charge in [0.1, 0.15) is 10.3 Å². The van der Waals surface area contributed by atoms with E-state index in [4.69, 9.17) is 55.0 Å². The first-order chi connectivity index (χ1) is 62.4. The van der Waals surface area contributed by atoms with Crippen LogP contribution in [0.4, 0.5) is 35.7 Å². The monoisotopic (exact) mass is 1770 g/mol. The molecule has 0 aliphatic rings. The molecule has 6 aromatic heterocycles. The Morgan fingerprint density at radius 1 is 0.342 bits per heavy atom. The van der Waals surface area contributed by atoms with Crippen LogP contribution >= 0.6 is 55.1 Å². The Labute approximate surface area is 750 Å². The Hall–Kier alpha value is -5.38. The quantitative estimate of drug-likeness (QED) is 0.0206. The fourth-order valence-corrected chi connectivity index (χ4v) is 12.6. The van der Waals surface area contributed by atoms with Gasteiger partial charge >= 0.3 is 0 Å². The third-order valence-electron chi connectivity index (χ3n) is 18.0. The van der Waals surface area contributed by atoms with Gasteiger partial charge in [-0.1, -0.05) is 317 Å². The highest BCUT2D eigenvalue weighted by Crippen LogP contribution is 2.26. The van der Waals surface area contributed by atoms with Gasteiger partial charge in [0, 0.05) is 136 Å². The first-order valence-corrected chi connectivity index (χ1v) is 44.9. The lowest BCUT2D eigenvalue weighted by Crippen LogP contribution is -2.15. The molecule has 0 saturated carbocycles. The molecule has 0 spiro atoms. The second-order valence-electron chi connectivity index (χ2n) is 29.3. The molecule has 0 aliphatic heterocycles. The van der Waals surface area contributed by atoms with Crippen LogP contribution in [0.5, 0.6) is 5.75 Å². The second kappa shape index (κ2) is 70.6. The molecule has 0 aliphatic carbocycles. The molecular weight excluding hydrogens is 1590 g/mol. The molecule has 19 nitrogen and oxygen atoms in total. The van der Waals surface area contributed by atoms with Crippen LogP contribution in [-0.4, -0.2) is 140 Å². The first-order valence-electron chi connectivity index (χ1n) is 52.2. The summed E-state index contributed by atoms with van der Waals surface area (Å²) >= 11 is 17.8. The maximum absolute atomic E-state index is 10.3. The van der Waals surface area contributed by atoms with Crippen LogP contribution in [-0.2, 0) is 19.2 Å². The molecule has 3 unspecified atom stereocenters. The number of halogens is 4. The molecule has 114 heavy (non-hydrogen) atoms. The predicted octanol–water partition coefficient (Wildman–Crippen LogP) is 26.2. The molecule has 3 atom stereocenters. The number of hydrogen-bond donors (Lipinski definition) is 2. The highest BCUT2D eigenvalue weighted by molar-refractivity contribution is 9.10. The van der Waals surface area contributed by atoms with Gasteiger partial charge in [0.15, 0.2) is 5.75 Å². The summed E-state index contributed by atoms with van der Waals surface area (Å²) in [6, 6.07) is 6.69. The van der Waals surface area contributed by atoms with Crippen molar-refractivity contribution in [1.82, 2.24) is 59.8 Å². The van der Waals surface area contributed by atoms with E-state index in [1.165, 1.54) is 247 Å². The summed E-state index contributed by atoms with van der Waals surface area (Å²) < 4.78 is 144. The van der Waals surface area contributed by atoms with E-state index in [2.05, 4.69) is 112 Å². The third-order valence-corrected chi connectivity index (χ3v) is 19.3. The molecule has 0 saturated heterocycles. The average molecular weight is 1770 g/mol. The lowest BCUT2D eigenvalue weighted by molar-refractivity contribution is 0.452. The number of unbranched alkanes of at least 4 members (excludes halogenated alkanes) is 36. The minimum absolute atomic E-state index is 0.0190. The second-order valence-corrected chi connectivity index (χ2v) is 32.0. The number of alkyl halides is 1. The Kier molecular flexibility index (Phi) is 48.6. The highest BCUT2D eigenvalue weighted by Gasteiger charge is 2.14. The maximum Gasteiger partial charge on any atom is 0.226 e. The van der Waals surface area contributed by atoms with Crippen LogP contribution in [0, 0.1) is 48.4 Å². The van der Waals surface area contributed by atoms with E-state index in [1.807, 2.05) is 27.7 Å². The normalized spacial score (nSPS) is 14.4. The van der Waals surface area contributed by atoms with Crippen molar-refractivity contribution in [2.45, 2.75) is 365 Å². The fourth-order valence-electron chi connectivity index (χ4n) is 11.7. The summed E-state index contributed by atoms with van der Waals surface area (Å²) in [6.45, 7) is 7.90. The van der Waals surface area contributed by atoms with Crippen molar-refractivity contribution >= 4 is 90.8 Å². The molecule has 0 aromatic carbocycles. The smallest absolute Gasteiger partial charge is 0.226 e. The molecule has 3 N–H and O–H groups in total. The van der Waals surface area contributed by atoms with E-state index in [-0.39, 0.29) is 59.2 Å². The van der Waals surface area contributed by atoms with Crippen molar-refractivity contribution in [3.05, 3.63) is 96.0 Å². The van der Waals surface area contributed by atoms with Gasteiger partial charge in [-0.3, -0.25) is 0 Å². The van der Waals surface area contributed by atoms with Crippen molar-refractivity contribution < 1.29 is 31.2 Å². The van der Waals surface area contributed by atoms with Crippen LogP contribution in [0.2, 0.25) is 10.3 Å². The third kappa shape index (κ3) is 58.5. The number of nitrogens with zero attached hydrogens (tertiary/aromatic N) is 17. The molecular formula is C91H162Br2Cl2N18O. The standard InChI is InChI=1S/C23H42BrN3.C23H43N3O.C23H43N3.C8H13N3.C7H10ClN3.C5H6ClN3.C2H5Br/c1-5-6-7-8-9-10-11-12-13-14-15-16-17-18-19-21-22(24)20(2)25-23(26-21)27(3)4;1-5-6-7-8-9-10-11-12-13-14-15-16-17-18-19-21-22(27)20(2)24-23(25-21)26(3)4;1-5-6-7-8-9-10-11-12-13-14-15-16-17-18-19-22-20-21(2)24-23(25-22)26(3)4;1-6-5-7(2)10-8(9-6)11(3)4;1-5-4-6(8)10-7(9-5)11(2)3;1-3-2-4(6)9-5(7)8-3;1-2-3/h5-19H2,1-4H3;27H,5-19H2,1-4H3;20H,5-19H2,1-4H3;5H,1-4H3;4H,1-3H3;2H,1H3,(H2,7,8,9);2H2,1H3/i3*3D3,19D;1D,3D3;2D3;;. The number of aromatic hydroxyl groups is 1. The van der Waals surface area contributed by atoms with Crippen molar-refractivity contribution in [2.75, 3.05) is 106 Å². The highest BCUT2D eigenvalue weighted by atomic mass is 79.9. The summed E-state index contributed by atoms with van der Waals surface area (Å²) in [7, 11) is 7.14. The van der Waals surface area contributed by atoms with Gasteiger partial charge in [0.05, 0.1) is 27.2 Å². The van der Waals surface area contributed by atoms with Gasteiger partial charge in [-0.25, -0.2) is 59.8 Å². The maximum atomic E-state index is 10.3. The Balaban J connectivity index is 0.00000163. The lowest BCUT2D eigenvalue weighted by Gasteiger charge is -2.14. The van der Waals surface area contributed by atoms with E-state index < -0.39 is 54.1 Å². The predicted molar refractivity (Wildman–Crippen MR) is 502 cm³/mol.